The van der Waals surface area contributed by atoms with Crippen LogP contribution in [0.1, 0.15) is 18.1 Å². The van der Waals surface area contributed by atoms with E-state index in [-0.39, 0.29) is 18.0 Å². The Morgan fingerprint density at radius 2 is 2.12 bits per heavy atom. The summed E-state index contributed by atoms with van der Waals surface area (Å²) in [7, 11) is 0. The summed E-state index contributed by atoms with van der Waals surface area (Å²) in [6.07, 6.45) is 3.53. The van der Waals surface area contributed by atoms with Crippen LogP contribution in [0.25, 0.3) is 0 Å². The highest BCUT2D eigenvalue weighted by atomic mass is 16.6. The maximum Gasteiger partial charge on any atom is 0.312 e. The first kappa shape index (κ1) is 15.4. The summed E-state index contributed by atoms with van der Waals surface area (Å²) in [5.74, 6) is -1.33. The van der Waals surface area contributed by atoms with Gasteiger partial charge < -0.3 is 14.4 Å². The van der Waals surface area contributed by atoms with E-state index in [1.54, 1.807) is 11.8 Å². The molecule has 4 rings (SSSR count). The van der Waals surface area contributed by atoms with Crippen molar-refractivity contribution in [1.82, 2.24) is 4.90 Å². The maximum atomic E-state index is 13.0. The summed E-state index contributed by atoms with van der Waals surface area (Å²) >= 11 is 0. The molecule has 0 aromatic heterocycles. The van der Waals surface area contributed by atoms with Crippen LogP contribution in [0.15, 0.2) is 36.4 Å². The van der Waals surface area contributed by atoms with E-state index >= 15 is 0 Å². The van der Waals surface area contributed by atoms with Gasteiger partial charge in [0.2, 0.25) is 5.91 Å². The van der Waals surface area contributed by atoms with E-state index in [2.05, 4.69) is 0 Å². The van der Waals surface area contributed by atoms with Crippen LogP contribution in [0.3, 0.4) is 0 Å². The fourth-order valence-corrected chi connectivity index (χ4v) is 4.13. The second-order valence-corrected chi connectivity index (χ2v) is 6.83. The number of likely N-dealkylation sites (tertiary alicyclic amines) is 1. The second kappa shape index (κ2) is 5.45. The summed E-state index contributed by atoms with van der Waals surface area (Å²) in [4.78, 5) is 27.1. The van der Waals surface area contributed by atoms with E-state index in [1.807, 2.05) is 43.3 Å². The van der Waals surface area contributed by atoms with E-state index in [9.17, 15) is 9.59 Å². The Labute approximate surface area is 141 Å². The minimum Gasteiger partial charge on any atom is -0.466 e. The summed E-state index contributed by atoms with van der Waals surface area (Å²) in [6, 6.07) is 8.15. The van der Waals surface area contributed by atoms with Crippen molar-refractivity contribution in [3.8, 4) is 0 Å². The molecule has 1 aromatic rings. The van der Waals surface area contributed by atoms with Gasteiger partial charge in [-0.15, -0.1) is 0 Å². The predicted octanol–water partition coefficient (Wildman–Crippen LogP) is 1.84. The van der Waals surface area contributed by atoms with Crippen LogP contribution in [-0.2, 0) is 25.6 Å². The number of amides is 1. The smallest absolute Gasteiger partial charge is 0.312 e. The zero-order chi connectivity index (χ0) is 16.9. The van der Waals surface area contributed by atoms with Gasteiger partial charge in [0.25, 0.3) is 0 Å². The molecule has 24 heavy (non-hydrogen) atoms. The zero-order valence-corrected chi connectivity index (χ0v) is 13.9. The third-order valence-electron chi connectivity index (χ3n) is 5.23. The molecule has 3 heterocycles. The first-order valence-corrected chi connectivity index (χ1v) is 8.42. The van der Waals surface area contributed by atoms with Gasteiger partial charge in [0.15, 0.2) is 0 Å². The van der Waals surface area contributed by atoms with Crippen LogP contribution in [0.4, 0.5) is 0 Å². The lowest BCUT2D eigenvalue weighted by Crippen LogP contribution is -2.40. The monoisotopic (exact) mass is 327 g/mol. The molecular formula is C19H21NO4. The molecule has 1 aromatic carbocycles. The molecule has 4 atom stereocenters. The van der Waals surface area contributed by atoms with E-state index in [1.165, 1.54) is 5.56 Å². The van der Waals surface area contributed by atoms with Crippen molar-refractivity contribution in [2.45, 2.75) is 32.1 Å². The fraction of sp³-hybridized carbons (Fsp3) is 0.474. The molecule has 2 saturated heterocycles. The molecule has 0 aliphatic carbocycles. The molecule has 0 N–H and O–H groups in total. The van der Waals surface area contributed by atoms with E-state index in [0.29, 0.717) is 19.7 Å². The third-order valence-corrected chi connectivity index (χ3v) is 5.23. The fourth-order valence-electron chi connectivity index (χ4n) is 4.13. The topological polar surface area (TPSA) is 55.8 Å². The first-order valence-electron chi connectivity index (χ1n) is 8.42. The molecular weight excluding hydrogens is 306 g/mol. The largest absolute Gasteiger partial charge is 0.466 e. The van der Waals surface area contributed by atoms with Gasteiger partial charge in [0.1, 0.15) is 11.5 Å². The molecule has 2 fully saturated rings. The number of fused-ring (bicyclic) bond motifs is 1. The Balaban J connectivity index is 1.58. The Morgan fingerprint density at radius 3 is 2.83 bits per heavy atom. The molecule has 0 saturated carbocycles. The molecule has 5 nitrogen and oxygen atoms in total. The highest BCUT2D eigenvalue weighted by Crippen LogP contribution is 2.52. The minimum atomic E-state index is -0.663. The molecule has 126 valence electrons. The average molecular weight is 327 g/mol. The SMILES string of the molecule is CCOC(=O)[C@H]1[C@H]2C(=O)N(Cc3ccc(C)cc3)C[C@]23C=C[C@H]1O3. The van der Waals surface area contributed by atoms with Crippen LogP contribution >= 0.6 is 0 Å². The molecule has 1 spiro atoms. The van der Waals surface area contributed by atoms with Gasteiger partial charge in [0, 0.05) is 6.54 Å². The third kappa shape index (κ3) is 2.18. The van der Waals surface area contributed by atoms with Gasteiger partial charge in [-0.05, 0) is 19.4 Å². The van der Waals surface area contributed by atoms with Crippen molar-refractivity contribution < 1.29 is 19.1 Å². The minimum absolute atomic E-state index is 0.0134. The molecule has 1 amide bonds. The first-order chi connectivity index (χ1) is 11.5. The normalized spacial score (nSPS) is 33.2. The van der Waals surface area contributed by atoms with Crippen molar-refractivity contribution in [3.05, 3.63) is 47.5 Å². The number of benzene rings is 1. The number of carbonyl (C=O) groups excluding carboxylic acids is 2. The van der Waals surface area contributed by atoms with Crippen molar-refractivity contribution in [3.63, 3.8) is 0 Å². The van der Waals surface area contributed by atoms with E-state index < -0.39 is 17.4 Å². The van der Waals surface area contributed by atoms with Crippen LogP contribution in [0.5, 0.6) is 0 Å². The Kier molecular flexibility index (Phi) is 3.49. The summed E-state index contributed by atoms with van der Waals surface area (Å²) in [6.45, 7) is 5.15. The standard InChI is InChI=1S/C19H21NO4/c1-3-23-18(22)15-14-8-9-19(24-14)11-20(17(21)16(15)19)10-13-6-4-12(2)5-7-13/h4-9,14-16H,3,10-11H2,1-2H3/t14-,15-,16+,19-/m1/s1. The number of ether oxygens (including phenoxy) is 2. The number of rotatable bonds is 4. The van der Waals surface area contributed by atoms with Crippen molar-refractivity contribution in [2.24, 2.45) is 11.8 Å². The highest BCUT2D eigenvalue weighted by molar-refractivity contribution is 5.91. The van der Waals surface area contributed by atoms with E-state index in [0.717, 1.165) is 5.56 Å². The predicted molar refractivity (Wildman–Crippen MR) is 87.0 cm³/mol. The molecule has 2 bridgehead atoms. The number of esters is 1. The number of hydrogen-bond donors (Lipinski definition) is 0. The van der Waals surface area contributed by atoms with Crippen LogP contribution in [0, 0.1) is 18.8 Å². The number of hydrogen-bond acceptors (Lipinski definition) is 4. The summed E-state index contributed by atoms with van der Waals surface area (Å²) in [5, 5.41) is 0. The van der Waals surface area contributed by atoms with Crippen molar-refractivity contribution in [2.75, 3.05) is 13.2 Å². The molecule has 0 radical (unpaired) electrons. The van der Waals surface area contributed by atoms with Gasteiger partial charge in [-0.3, -0.25) is 9.59 Å². The van der Waals surface area contributed by atoms with Crippen LogP contribution in [0.2, 0.25) is 0 Å². The van der Waals surface area contributed by atoms with Gasteiger partial charge in [-0.1, -0.05) is 42.0 Å². The Morgan fingerprint density at radius 1 is 1.38 bits per heavy atom. The Hall–Kier alpha value is -2.14. The zero-order valence-electron chi connectivity index (χ0n) is 13.9. The maximum absolute atomic E-state index is 13.0. The summed E-state index contributed by atoms with van der Waals surface area (Å²) < 4.78 is 11.2. The number of aryl methyl sites for hydroxylation is 1. The van der Waals surface area contributed by atoms with Crippen molar-refractivity contribution in [1.29, 1.82) is 0 Å². The van der Waals surface area contributed by atoms with Crippen molar-refractivity contribution >= 4 is 11.9 Å². The van der Waals surface area contributed by atoms with Gasteiger partial charge in [-0.2, -0.15) is 0 Å². The summed E-state index contributed by atoms with van der Waals surface area (Å²) in [5.41, 5.74) is 1.61. The molecule has 5 heteroatoms. The molecule has 3 aliphatic heterocycles. The van der Waals surface area contributed by atoms with Gasteiger partial charge in [0.05, 0.1) is 25.2 Å². The van der Waals surface area contributed by atoms with E-state index in [4.69, 9.17) is 9.47 Å². The number of carbonyl (C=O) groups is 2. The lowest BCUT2D eigenvalue weighted by molar-refractivity contribution is -0.153. The molecule has 0 unspecified atom stereocenters. The number of nitrogens with zero attached hydrogens (tertiary/aromatic N) is 1. The van der Waals surface area contributed by atoms with Crippen LogP contribution < -0.4 is 0 Å². The Bertz CT molecular complexity index is 711. The average Bonchev–Trinajstić information content (AvgIpc) is 3.19. The van der Waals surface area contributed by atoms with Gasteiger partial charge in [-0.25, -0.2) is 0 Å². The molecule has 3 aliphatic rings. The van der Waals surface area contributed by atoms with Crippen LogP contribution in [-0.4, -0.2) is 41.6 Å². The second-order valence-electron chi connectivity index (χ2n) is 6.83. The lowest BCUT2D eigenvalue weighted by atomic mass is 9.77. The van der Waals surface area contributed by atoms with Gasteiger partial charge >= 0.3 is 5.97 Å². The lowest BCUT2D eigenvalue weighted by Gasteiger charge is -2.22. The highest BCUT2D eigenvalue weighted by Gasteiger charge is 2.67. The quantitative estimate of drug-likeness (QED) is 0.625.